The number of ether oxygens (including phenoxy) is 6. The maximum absolute atomic E-state index is 12.2. The normalized spacial score (nSPS) is 19.0. The molecule has 0 unspecified atom stereocenters. The van der Waals surface area contributed by atoms with Crippen LogP contribution >= 0.6 is 0 Å². The van der Waals surface area contributed by atoms with Gasteiger partial charge in [-0.25, -0.2) is 9.59 Å². The summed E-state index contributed by atoms with van der Waals surface area (Å²) >= 11 is 0. The standard InChI is InChI=1S/C27H30O9/c28-21(15-35-26(29)19-5-9-22(10-6-19)33-17-24-3-1-13-31-24)16-36-27(30)20-7-11-23(12-8-20)34-18-25-4-2-14-32-25/h5-12,24-25H,1-4,13-18H2/t24-,25-/m1/s1. The molecule has 36 heavy (non-hydrogen) atoms. The lowest BCUT2D eigenvalue weighted by Gasteiger charge is -2.12. The molecule has 2 saturated heterocycles. The first-order valence-electron chi connectivity index (χ1n) is 12.1. The van der Waals surface area contributed by atoms with E-state index in [1.807, 2.05) is 0 Å². The molecule has 0 radical (unpaired) electrons. The Morgan fingerprint density at radius 2 is 1.08 bits per heavy atom. The number of esters is 2. The highest BCUT2D eigenvalue weighted by atomic mass is 16.6. The van der Waals surface area contributed by atoms with Gasteiger partial charge < -0.3 is 28.4 Å². The molecule has 9 heteroatoms. The van der Waals surface area contributed by atoms with Crippen LogP contribution in [0.15, 0.2) is 48.5 Å². The second kappa shape index (κ2) is 13.0. The third kappa shape index (κ3) is 7.79. The molecule has 2 fully saturated rings. The molecule has 0 aromatic heterocycles. The maximum atomic E-state index is 12.2. The largest absolute Gasteiger partial charge is 0.491 e. The van der Waals surface area contributed by atoms with Crippen LogP contribution in [-0.2, 0) is 23.7 Å². The third-order valence-corrected chi connectivity index (χ3v) is 5.83. The van der Waals surface area contributed by atoms with E-state index in [-0.39, 0.29) is 23.3 Å². The van der Waals surface area contributed by atoms with E-state index in [0.29, 0.717) is 24.7 Å². The second-order valence-electron chi connectivity index (χ2n) is 8.63. The predicted octanol–water partition coefficient (Wildman–Crippen LogP) is 3.39. The molecule has 2 aliphatic rings. The van der Waals surface area contributed by atoms with E-state index >= 15 is 0 Å². The Morgan fingerprint density at radius 3 is 1.44 bits per heavy atom. The Balaban J connectivity index is 1.13. The van der Waals surface area contributed by atoms with Crippen LogP contribution in [0.1, 0.15) is 46.4 Å². The molecule has 2 aromatic carbocycles. The second-order valence-corrected chi connectivity index (χ2v) is 8.63. The van der Waals surface area contributed by atoms with Crippen molar-refractivity contribution in [3.05, 3.63) is 59.7 Å². The van der Waals surface area contributed by atoms with E-state index in [2.05, 4.69) is 0 Å². The van der Waals surface area contributed by atoms with Crippen LogP contribution in [0.2, 0.25) is 0 Å². The highest BCUT2D eigenvalue weighted by molar-refractivity contribution is 5.94. The zero-order chi connectivity index (χ0) is 25.2. The molecule has 2 atom stereocenters. The molecule has 2 aromatic rings. The van der Waals surface area contributed by atoms with Crippen molar-refractivity contribution in [1.82, 2.24) is 0 Å². The van der Waals surface area contributed by atoms with Gasteiger partial charge in [0, 0.05) is 13.2 Å². The first-order valence-corrected chi connectivity index (χ1v) is 12.1. The highest BCUT2D eigenvalue weighted by Gasteiger charge is 2.18. The van der Waals surface area contributed by atoms with Crippen molar-refractivity contribution in [2.24, 2.45) is 0 Å². The van der Waals surface area contributed by atoms with Crippen LogP contribution < -0.4 is 9.47 Å². The first kappa shape index (κ1) is 25.7. The summed E-state index contributed by atoms with van der Waals surface area (Å²) in [5.41, 5.74) is 0.567. The van der Waals surface area contributed by atoms with E-state index in [0.717, 1.165) is 38.9 Å². The summed E-state index contributed by atoms with van der Waals surface area (Å²) < 4.78 is 32.4. The van der Waals surface area contributed by atoms with Crippen molar-refractivity contribution in [2.75, 3.05) is 39.6 Å². The number of hydrogen-bond donors (Lipinski definition) is 0. The van der Waals surface area contributed by atoms with Crippen LogP contribution in [0.25, 0.3) is 0 Å². The Kier molecular flexibility index (Phi) is 9.29. The maximum Gasteiger partial charge on any atom is 0.338 e. The predicted molar refractivity (Wildman–Crippen MR) is 127 cm³/mol. The van der Waals surface area contributed by atoms with E-state index in [1.165, 1.54) is 0 Å². The number of rotatable bonds is 12. The molecule has 0 amide bonds. The van der Waals surface area contributed by atoms with Crippen molar-refractivity contribution in [3.63, 3.8) is 0 Å². The van der Waals surface area contributed by atoms with Crippen molar-refractivity contribution in [1.29, 1.82) is 0 Å². The molecule has 9 nitrogen and oxygen atoms in total. The number of ketones is 1. The van der Waals surface area contributed by atoms with Crippen LogP contribution in [0.3, 0.4) is 0 Å². The molecule has 0 saturated carbocycles. The third-order valence-electron chi connectivity index (χ3n) is 5.83. The fraction of sp³-hybridized carbons (Fsp3) is 0.444. The van der Waals surface area contributed by atoms with Crippen LogP contribution in [0.5, 0.6) is 11.5 Å². The van der Waals surface area contributed by atoms with Gasteiger partial charge in [-0.1, -0.05) is 0 Å². The lowest BCUT2D eigenvalue weighted by atomic mass is 10.2. The summed E-state index contributed by atoms with van der Waals surface area (Å²) in [5, 5.41) is 0. The Morgan fingerprint density at radius 1 is 0.667 bits per heavy atom. The summed E-state index contributed by atoms with van der Waals surface area (Å²) in [6, 6.07) is 12.9. The molecule has 0 aliphatic carbocycles. The number of carbonyl (C=O) groups is 3. The van der Waals surface area contributed by atoms with Gasteiger partial charge in [0.15, 0.2) is 13.2 Å². The van der Waals surface area contributed by atoms with Crippen LogP contribution in [0, 0.1) is 0 Å². The average Bonchev–Trinajstić information content (AvgIpc) is 3.63. The quantitative estimate of drug-likeness (QED) is 0.407. The van der Waals surface area contributed by atoms with Crippen LogP contribution in [-0.4, -0.2) is 69.6 Å². The zero-order valence-corrected chi connectivity index (χ0v) is 20.0. The van der Waals surface area contributed by atoms with E-state index in [9.17, 15) is 14.4 Å². The Hall–Kier alpha value is -3.43. The number of benzene rings is 2. The summed E-state index contributed by atoms with van der Waals surface area (Å²) in [6.45, 7) is 1.44. The van der Waals surface area contributed by atoms with E-state index in [1.54, 1.807) is 48.5 Å². The van der Waals surface area contributed by atoms with Crippen molar-refractivity contribution in [2.45, 2.75) is 37.9 Å². The van der Waals surface area contributed by atoms with E-state index in [4.69, 9.17) is 28.4 Å². The Labute approximate surface area is 209 Å². The van der Waals surface area contributed by atoms with E-state index < -0.39 is 30.9 Å². The van der Waals surface area contributed by atoms with Crippen molar-refractivity contribution < 1.29 is 42.8 Å². The number of Topliss-reactive ketones (excluding diaryl/α,β-unsaturated/α-hetero) is 1. The van der Waals surface area contributed by atoms with Gasteiger partial charge >= 0.3 is 11.9 Å². The topological polar surface area (TPSA) is 107 Å². The fourth-order valence-corrected chi connectivity index (χ4v) is 3.80. The van der Waals surface area contributed by atoms with Gasteiger partial charge in [-0.15, -0.1) is 0 Å². The summed E-state index contributed by atoms with van der Waals surface area (Å²) in [4.78, 5) is 36.4. The molecule has 2 aliphatic heterocycles. The van der Waals surface area contributed by atoms with Crippen LogP contribution in [0.4, 0.5) is 0 Å². The van der Waals surface area contributed by atoms with Crippen molar-refractivity contribution in [3.8, 4) is 11.5 Å². The smallest absolute Gasteiger partial charge is 0.338 e. The zero-order valence-electron chi connectivity index (χ0n) is 20.0. The summed E-state index contributed by atoms with van der Waals surface area (Å²) in [5.74, 6) is -0.609. The monoisotopic (exact) mass is 498 g/mol. The summed E-state index contributed by atoms with van der Waals surface area (Å²) in [6.07, 6.45) is 4.23. The SMILES string of the molecule is O=C(COC(=O)c1ccc(OC[C@H]2CCCO2)cc1)COC(=O)c1ccc(OC[C@H]2CCCO2)cc1. The molecule has 0 bridgehead atoms. The minimum absolute atomic E-state index is 0.102. The van der Waals surface area contributed by atoms with Gasteiger partial charge in [0.2, 0.25) is 5.78 Å². The van der Waals surface area contributed by atoms with Gasteiger partial charge in [0.1, 0.15) is 24.7 Å². The molecule has 0 N–H and O–H groups in total. The average molecular weight is 499 g/mol. The lowest BCUT2D eigenvalue weighted by Crippen LogP contribution is -2.20. The van der Waals surface area contributed by atoms with Gasteiger partial charge in [0.25, 0.3) is 0 Å². The molecule has 192 valence electrons. The van der Waals surface area contributed by atoms with Crippen molar-refractivity contribution >= 4 is 17.7 Å². The molecule has 2 heterocycles. The number of carbonyl (C=O) groups excluding carboxylic acids is 3. The van der Waals surface area contributed by atoms with Gasteiger partial charge in [0.05, 0.1) is 23.3 Å². The minimum Gasteiger partial charge on any atom is -0.491 e. The van der Waals surface area contributed by atoms with Gasteiger partial charge in [-0.2, -0.15) is 0 Å². The number of hydrogen-bond acceptors (Lipinski definition) is 9. The Bertz CT molecular complexity index is 923. The molecular formula is C27H30O9. The molecule has 4 rings (SSSR count). The fourth-order valence-electron chi connectivity index (χ4n) is 3.80. The van der Waals surface area contributed by atoms with Gasteiger partial charge in [-0.3, -0.25) is 4.79 Å². The highest BCUT2D eigenvalue weighted by Crippen LogP contribution is 2.18. The first-order chi connectivity index (χ1) is 17.6. The molecule has 0 spiro atoms. The lowest BCUT2D eigenvalue weighted by molar-refractivity contribution is -0.125. The molecular weight excluding hydrogens is 468 g/mol. The summed E-state index contributed by atoms with van der Waals surface area (Å²) in [7, 11) is 0. The minimum atomic E-state index is -0.654. The van der Waals surface area contributed by atoms with Gasteiger partial charge in [-0.05, 0) is 74.2 Å².